The van der Waals surface area contributed by atoms with Crippen LogP contribution in [0.5, 0.6) is 0 Å². The average molecular weight is 129 g/mol. The van der Waals surface area contributed by atoms with Crippen LogP contribution in [0.4, 0.5) is 0 Å². The smallest absolute Gasteiger partial charge is 0.111 e. The fourth-order valence-corrected chi connectivity index (χ4v) is 1.36. The Morgan fingerprint density at radius 3 is 2.25 bits per heavy atom. The van der Waals surface area contributed by atoms with Crippen molar-refractivity contribution >= 4 is 8.96 Å². The first-order valence-corrected chi connectivity index (χ1v) is 5.44. The SMILES string of the molecule is C=CC[SiH](C)N(C)C. The molecule has 1 unspecified atom stereocenters. The molecule has 0 heterocycles. The molecule has 0 spiro atoms. The lowest BCUT2D eigenvalue weighted by Gasteiger charge is -2.15. The number of hydrogen-bond donors (Lipinski definition) is 0. The summed E-state index contributed by atoms with van der Waals surface area (Å²) in [7, 11) is 3.72. The van der Waals surface area contributed by atoms with Crippen LogP contribution in [-0.4, -0.2) is 27.6 Å². The molecule has 0 aromatic heterocycles. The van der Waals surface area contributed by atoms with Crippen molar-refractivity contribution in [3.63, 3.8) is 0 Å². The summed E-state index contributed by atoms with van der Waals surface area (Å²) in [6.07, 6.45) is 2.01. The summed E-state index contributed by atoms with van der Waals surface area (Å²) in [6.45, 7) is 6.01. The summed E-state index contributed by atoms with van der Waals surface area (Å²) in [5, 5.41) is 0. The van der Waals surface area contributed by atoms with Crippen LogP contribution >= 0.6 is 0 Å². The molecule has 0 radical (unpaired) electrons. The molecule has 1 nitrogen and oxygen atoms in total. The molecule has 0 aliphatic rings. The van der Waals surface area contributed by atoms with E-state index >= 15 is 0 Å². The molecule has 0 N–H and O–H groups in total. The van der Waals surface area contributed by atoms with Gasteiger partial charge in [-0.2, -0.15) is 0 Å². The van der Waals surface area contributed by atoms with Crippen molar-refractivity contribution in [3.05, 3.63) is 12.7 Å². The zero-order valence-electron chi connectivity index (χ0n) is 6.02. The Kier molecular flexibility index (Phi) is 3.82. The Hall–Kier alpha value is -0.0831. The van der Waals surface area contributed by atoms with Gasteiger partial charge in [0.15, 0.2) is 0 Å². The van der Waals surface area contributed by atoms with Gasteiger partial charge in [0.25, 0.3) is 0 Å². The lowest BCUT2D eigenvalue weighted by Crippen LogP contribution is -2.28. The van der Waals surface area contributed by atoms with Gasteiger partial charge in [-0.25, -0.2) is 0 Å². The second-order valence-electron chi connectivity index (χ2n) is 2.34. The molecule has 48 valence electrons. The van der Waals surface area contributed by atoms with Crippen LogP contribution in [0.3, 0.4) is 0 Å². The maximum Gasteiger partial charge on any atom is 0.111 e. The Labute approximate surface area is 53.7 Å². The lowest BCUT2D eigenvalue weighted by molar-refractivity contribution is 0.644. The van der Waals surface area contributed by atoms with Gasteiger partial charge in [-0.05, 0) is 20.1 Å². The number of rotatable bonds is 3. The first-order chi connectivity index (χ1) is 3.68. The van der Waals surface area contributed by atoms with Crippen molar-refractivity contribution in [3.8, 4) is 0 Å². The third kappa shape index (κ3) is 2.99. The van der Waals surface area contributed by atoms with Gasteiger partial charge in [0.1, 0.15) is 8.96 Å². The zero-order chi connectivity index (χ0) is 6.57. The van der Waals surface area contributed by atoms with Gasteiger partial charge in [-0.1, -0.05) is 12.6 Å². The van der Waals surface area contributed by atoms with Crippen molar-refractivity contribution in [1.82, 2.24) is 4.57 Å². The van der Waals surface area contributed by atoms with E-state index in [4.69, 9.17) is 0 Å². The maximum atomic E-state index is 3.69. The fraction of sp³-hybridized carbons (Fsp3) is 0.667. The summed E-state index contributed by atoms with van der Waals surface area (Å²) < 4.78 is 2.32. The van der Waals surface area contributed by atoms with Crippen molar-refractivity contribution in [2.24, 2.45) is 0 Å². The van der Waals surface area contributed by atoms with E-state index in [1.807, 2.05) is 6.08 Å². The van der Waals surface area contributed by atoms with Gasteiger partial charge in [-0.3, -0.25) is 0 Å². The predicted molar refractivity (Wildman–Crippen MR) is 41.7 cm³/mol. The van der Waals surface area contributed by atoms with E-state index in [2.05, 4.69) is 31.8 Å². The Bertz CT molecular complexity index is 70.9. The Morgan fingerprint density at radius 2 is 2.12 bits per heavy atom. The summed E-state index contributed by atoms with van der Waals surface area (Å²) in [4.78, 5) is 0. The number of nitrogens with zero attached hydrogens (tertiary/aromatic N) is 1. The molecule has 8 heavy (non-hydrogen) atoms. The van der Waals surface area contributed by atoms with Crippen molar-refractivity contribution < 1.29 is 0 Å². The van der Waals surface area contributed by atoms with E-state index in [1.54, 1.807) is 0 Å². The second-order valence-corrected chi connectivity index (χ2v) is 5.54. The van der Waals surface area contributed by atoms with Crippen LogP contribution in [0.2, 0.25) is 12.6 Å². The number of allylic oxidation sites excluding steroid dienone is 1. The second kappa shape index (κ2) is 3.86. The van der Waals surface area contributed by atoms with Crippen LogP contribution in [0, 0.1) is 0 Å². The minimum Gasteiger partial charge on any atom is -0.331 e. The summed E-state index contributed by atoms with van der Waals surface area (Å²) >= 11 is 0. The molecule has 0 bridgehead atoms. The Morgan fingerprint density at radius 1 is 1.62 bits per heavy atom. The largest absolute Gasteiger partial charge is 0.331 e. The molecule has 0 aliphatic heterocycles. The van der Waals surface area contributed by atoms with E-state index in [0.29, 0.717) is 0 Å². The van der Waals surface area contributed by atoms with E-state index in [1.165, 1.54) is 6.04 Å². The highest BCUT2D eigenvalue weighted by atomic mass is 28.3. The first-order valence-electron chi connectivity index (χ1n) is 2.95. The molecule has 0 amide bonds. The minimum atomic E-state index is -0.560. The molecule has 0 saturated heterocycles. The lowest BCUT2D eigenvalue weighted by atomic mass is 10.8. The highest BCUT2D eigenvalue weighted by Gasteiger charge is 2.01. The molecule has 1 atom stereocenters. The quantitative estimate of drug-likeness (QED) is 0.407. The highest BCUT2D eigenvalue weighted by molar-refractivity contribution is 6.54. The van der Waals surface area contributed by atoms with Gasteiger partial charge in [0, 0.05) is 0 Å². The Balaban J connectivity index is 3.30. The monoisotopic (exact) mass is 129 g/mol. The molecule has 0 rings (SSSR count). The third-order valence-electron chi connectivity index (χ3n) is 1.39. The summed E-state index contributed by atoms with van der Waals surface area (Å²) in [5.74, 6) is 0. The minimum absolute atomic E-state index is 0.560. The van der Waals surface area contributed by atoms with E-state index in [0.717, 1.165) is 0 Å². The molecule has 0 aliphatic carbocycles. The molecule has 0 aromatic carbocycles. The van der Waals surface area contributed by atoms with Gasteiger partial charge in [-0.15, -0.1) is 6.58 Å². The van der Waals surface area contributed by atoms with Crippen molar-refractivity contribution in [1.29, 1.82) is 0 Å². The third-order valence-corrected chi connectivity index (χ3v) is 4.17. The standard InChI is InChI=1S/C6H15NSi/c1-5-6-8(4)7(2)3/h5,8H,1,6H2,2-4H3. The maximum absolute atomic E-state index is 3.69. The van der Waals surface area contributed by atoms with E-state index < -0.39 is 8.96 Å². The number of hydrogen-bond acceptors (Lipinski definition) is 1. The fourth-order valence-electron chi connectivity index (χ4n) is 0.452. The van der Waals surface area contributed by atoms with Crippen molar-refractivity contribution in [2.45, 2.75) is 12.6 Å². The first kappa shape index (κ1) is 7.92. The average Bonchev–Trinajstić information content (AvgIpc) is 1.67. The molecule has 0 fully saturated rings. The molecule has 2 heteroatoms. The van der Waals surface area contributed by atoms with Crippen LogP contribution < -0.4 is 0 Å². The normalized spacial score (nSPS) is 14.0. The zero-order valence-corrected chi connectivity index (χ0v) is 7.17. The van der Waals surface area contributed by atoms with Crippen LogP contribution in [0.25, 0.3) is 0 Å². The highest BCUT2D eigenvalue weighted by Crippen LogP contribution is 1.93. The molecule has 0 saturated carbocycles. The summed E-state index contributed by atoms with van der Waals surface area (Å²) in [5.41, 5.74) is 0. The molecular formula is C6H15NSi. The van der Waals surface area contributed by atoms with Crippen LogP contribution in [0.15, 0.2) is 12.7 Å². The van der Waals surface area contributed by atoms with Gasteiger partial charge in [0.2, 0.25) is 0 Å². The van der Waals surface area contributed by atoms with E-state index in [9.17, 15) is 0 Å². The summed E-state index contributed by atoms with van der Waals surface area (Å²) in [6, 6.07) is 1.22. The molecular weight excluding hydrogens is 114 g/mol. The van der Waals surface area contributed by atoms with Gasteiger partial charge < -0.3 is 4.57 Å². The predicted octanol–water partition coefficient (Wildman–Crippen LogP) is 1.09. The topological polar surface area (TPSA) is 3.24 Å². The van der Waals surface area contributed by atoms with Crippen LogP contribution in [-0.2, 0) is 0 Å². The van der Waals surface area contributed by atoms with Crippen LogP contribution in [0.1, 0.15) is 0 Å². The molecule has 0 aromatic rings. The van der Waals surface area contributed by atoms with Gasteiger partial charge >= 0.3 is 0 Å². The van der Waals surface area contributed by atoms with Crippen molar-refractivity contribution in [2.75, 3.05) is 14.1 Å². The van der Waals surface area contributed by atoms with Gasteiger partial charge in [0.05, 0.1) is 0 Å². The van der Waals surface area contributed by atoms with E-state index in [-0.39, 0.29) is 0 Å².